The number of piperidine rings is 1. The van der Waals surface area contributed by atoms with E-state index in [4.69, 9.17) is 10.7 Å². The first kappa shape index (κ1) is 19.1. The molecule has 3 aliphatic rings. The fourth-order valence-corrected chi connectivity index (χ4v) is 6.32. The first-order chi connectivity index (χ1) is 16.1. The lowest BCUT2D eigenvalue weighted by Gasteiger charge is -2.42. The highest BCUT2D eigenvalue weighted by atomic mass is 16.1. The van der Waals surface area contributed by atoms with Crippen LogP contribution in [-0.4, -0.2) is 33.3 Å². The van der Waals surface area contributed by atoms with Gasteiger partial charge in [0.1, 0.15) is 5.39 Å². The molecular weight excluding hydrogens is 412 g/mol. The maximum Gasteiger partial charge on any atom is 0.263 e. The van der Waals surface area contributed by atoms with Gasteiger partial charge in [0, 0.05) is 25.0 Å². The molecule has 0 saturated carbocycles. The maximum absolute atomic E-state index is 13.1. The first-order valence-corrected chi connectivity index (χ1v) is 11.8. The summed E-state index contributed by atoms with van der Waals surface area (Å²) in [5.41, 5.74) is 13.3. The fourth-order valence-electron chi connectivity index (χ4n) is 6.32. The number of nitrogens with one attached hydrogen (secondary N) is 2. The van der Waals surface area contributed by atoms with Gasteiger partial charge in [-0.2, -0.15) is 10.1 Å². The van der Waals surface area contributed by atoms with E-state index in [1.165, 1.54) is 22.3 Å². The van der Waals surface area contributed by atoms with Crippen LogP contribution in [0, 0.1) is 5.41 Å². The molecule has 0 amide bonds. The second kappa shape index (κ2) is 6.78. The van der Waals surface area contributed by atoms with Crippen molar-refractivity contribution in [2.75, 3.05) is 18.0 Å². The molecule has 7 rings (SSSR count). The summed E-state index contributed by atoms with van der Waals surface area (Å²) in [4.78, 5) is 23.1. The van der Waals surface area contributed by atoms with E-state index in [0.29, 0.717) is 17.0 Å². The number of hydrogen-bond donors (Lipinski definition) is 3. The molecule has 2 aliphatic carbocycles. The Bertz CT molecular complexity index is 1440. The molecule has 0 bridgehead atoms. The summed E-state index contributed by atoms with van der Waals surface area (Å²) in [7, 11) is 0. The normalized spacial score (nSPS) is 22.9. The Hall–Kier alpha value is -3.45. The van der Waals surface area contributed by atoms with Crippen LogP contribution in [0.15, 0.2) is 53.3 Å². The van der Waals surface area contributed by atoms with E-state index in [9.17, 15) is 4.79 Å². The van der Waals surface area contributed by atoms with Gasteiger partial charge in [0.25, 0.3) is 5.56 Å². The lowest BCUT2D eigenvalue weighted by atomic mass is 9.73. The molecule has 2 atom stereocenters. The zero-order valence-corrected chi connectivity index (χ0v) is 18.3. The number of fused-ring (bicyclic) bond motifs is 3. The summed E-state index contributed by atoms with van der Waals surface area (Å²) >= 11 is 0. The molecule has 4 N–H and O–H groups in total. The van der Waals surface area contributed by atoms with Crippen LogP contribution in [0.5, 0.6) is 0 Å². The molecule has 2 aromatic carbocycles. The molecular formula is C26H26N6O. The SMILES string of the molecule is N[C@@H]1c2ccccc2CC12CCN(c1nc3[nH]nc(C4Cc5ccccc54)c3c(=O)[nH]1)CC2. The molecule has 1 fully saturated rings. The van der Waals surface area contributed by atoms with Gasteiger partial charge in [-0.1, -0.05) is 48.5 Å². The summed E-state index contributed by atoms with van der Waals surface area (Å²) in [5.74, 6) is 0.777. The number of aromatic nitrogens is 4. The smallest absolute Gasteiger partial charge is 0.263 e. The number of H-pyrrole nitrogens is 2. The van der Waals surface area contributed by atoms with Crippen molar-refractivity contribution >= 4 is 17.0 Å². The van der Waals surface area contributed by atoms with E-state index >= 15 is 0 Å². The van der Waals surface area contributed by atoms with Gasteiger partial charge in [0.05, 0.1) is 5.69 Å². The summed E-state index contributed by atoms with van der Waals surface area (Å²) < 4.78 is 0. The number of nitrogens with two attached hydrogens (primary N) is 1. The Morgan fingerprint density at radius 2 is 1.73 bits per heavy atom. The van der Waals surface area contributed by atoms with Crippen molar-refractivity contribution in [1.29, 1.82) is 0 Å². The average Bonchev–Trinajstić information content (AvgIpc) is 3.35. The molecule has 0 radical (unpaired) electrons. The van der Waals surface area contributed by atoms with Gasteiger partial charge < -0.3 is 10.6 Å². The fraction of sp³-hybridized carbons (Fsp3) is 0.346. The van der Waals surface area contributed by atoms with Crippen molar-refractivity contribution in [3.8, 4) is 0 Å². The summed E-state index contributed by atoms with van der Waals surface area (Å²) in [6.45, 7) is 1.65. The van der Waals surface area contributed by atoms with Crippen molar-refractivity contribution in [1.82, 2.24) is 20.2 Å². The van der Waals surface area contributed by atoms with Gasteiger partial charge in [-0.3, -0.25) is 14.9 Å². The molecule has 1 unspecified atom stereocenters. The van der Waals surface area contributed by atoms with E-state index in [1.54, 1.807) is 0 Å². The summed E-state index contributed by atoms with van der Waals surface area (Å²) in [6, 6.07) is 17.0. The predicted octanol–water partition coefficient (Wildman–Crippen LogP) is 3.18. The Morgan fingerprint density at radius 1 is 1.00 bits per heavy atom. The molecule has 7 heteroatoms. The van der Waals surface area contributed by atoms with Crippen LogP contribution in [0.2, 0.25) is 0 Å². The number of rotatable bonds is 2. The van der Waals surface area contributed by atoms with E-state index in [-0.39, 0.29) is 22.9 Å². The van der Waals surface area contributed by atoms with Crippen molar-refractivity contribution in [3.63, 3.8) is 0 Å². The van der Waals surface area contributed by atoms with Gasteiger partial charge in [-0.05, 0) is 53.4 Å². The second-order valence-electron chi connectivity index (χ2n) is 9.88. The minimum Gasteiger partial charge on any atom is -0.342 e. The molecule has 1 saturated heterocycles. The minimum absolute atomic E-state index is 0.0749. The topological polar surface area (TPSA) is 104 Å². The van der Waals surface area contributed by atoms with Gasteiger partial charge in [0.2, 0.25) is 5.95 Å². The molecule has 1 aliphatic heterocycles. The summed E-state index contributed by atoms with van der Waals surface area (Å²) in [6.07, 6.45) is 3.91. The third-order valence-corrected chi connectivity index (χ3v) is 8.28. The van der Waals surface area contributed by atoms with Gasteiger partial charge in [-0.25, -0.2) is 0 Å². The number of nitrogens with zero attached hydrogens (tertiary/aromatic N) is 3. The van der Waals surface area contributed by atoms with Crippen molar-refractivity contribution in [3.05, 3.63) is 86.8 Å². The Morgan fingerprint density at radius 3 is 2.48 bits per heavy atom. The Kier molecular flexibility index (Phi) is 3.91. The van der Waals surface area contributed by atoms with Gasteiger partial charge in [0.15, 0.2) is 5.65 Å². The molecule has 7 nitrogen and oxygen atoms in total. The zero-order chi connectivity index (χ0) is 22.2. The molecule has 1 spiro atoms. The maximum atomic E-state index is 13.1. The second-order valence-corrected chi connectivity index (χ2v) is 9.88. The first-order valence-electron chi connectivity index (χ1n) is 11.8. The van der Waals surface area contributed by atoms with E-state index in [2.05, 4.69) is 62.5 Å². The standard InChI is InChI=1S/C26H26N6O/c27-22-18-8-4-2-6-16(18)14-26(22)9-11-32(12-10-26)25-28-23-20(24(33)29-25)21(30-31-23)19-13-15-5-1-3-7-17(15)19/h1-8,19,22H,9-14,27H2,(H2,28,29,30,31,33)/t19?,22-/m1/s1. The molecule has 3 heterocycles. The third-order valence-electron chi connectivity index (χ3n) is 8.28. The van der Waals surface area contributed by atoms with E-state index in [0.717, 1.165) is 44.5 Å². The average molecular weight is 439 g/mol. The quantitative estimate of drug-likeness (QED) is 0.446. The third kappa shape index (κ3) is 2.69. The van der Waals surface area contributed by atoms with Crippen LogP contribution < -0.4 is 16.2 Å². The minimum atomic E-state index is -0.117. The number of hydrogen-bond acceptors (Lipinski definition) is 5. The number of aromatic amines is 2. The molecule has 166 valence electrons. The summed E-state index contributed by atoms with van der Waals surface area (Å²) in [5, 5.41) is 8.12. The number of benzene rings is 2. The largest absolute Gasteiger partial charge is 0.342 e. The Balaban J connectivity index is 1.15. The van der Waals surface area contributed by atoms with Crippen molar-refractivity contribution < 1.29 is 0 Å². The van der Waals surface area contributed by atoms with Gasteiger partial charge >= 0.3 is 0 Å². The highest BCUT2D eigenvalue weighted by molar-refractivity contribution is 5.79. The van der Waals surface area contributed by atoms with Crippen molar-refractivity contribution in [2.45, 2.75) is 37.6 Å². The monoisotopic (exact) mass is 438 g/mol. The predicted molar refractivity (Wildman–Crippen MR) is 127 cm³/mol. The van der Waals surface area contributed by atoms with Crippen LogP contribution in [0.25, 0.3) is 11.0 Å². The zero-order valence-electron chi connectivity index (χ0n) is 18.3. The van der Waals surface area contributed by atoms with Crippen LogP contribution in [0.4, 0.5) is 5.95 Å². The number of anilines is 1. The lowest BCUT2D eigenvalue weighted by Crippen LogP contribution is -2.45. The van der Waals surface area contributed by atoms with Gasteiger partial charge in [-0.15, -0.1) is 0 Å². The van der Waals surface area contributed by atoms with Crippen LogP contribution >= 0.6 is 0 Å². The van der Waals surface area contributed by atoms with Crippen LogP contribution in [0.3, 0.4) is 0 Å². The molecule has 2 aromatic heterocycles. The highest BCUT2D eigenvalue weighted by Gasteiger charge is 2.46. The molecule has 33 heavy (non-hydrogen) atoms. The van der Waals surface area contributed by atoms with Crippen LogP contribution in [0.1, 0.15) is 52.7 Å². The van der Waals surface area contributed by atoms with E-state index < -0.39 is 0 Å². The molecule has 4 aromatic rings. The van der Waals surface area contributed by atoms with E-state index in [1.807, 2.05) is 6.07 Å². The van der Waals surface area contributed by atoms with Crippen molar-refractivity contribution in [2.24, 2.45) is 11.1 Å². The highest BCUT2D eigenvalue weighted by Crippen LogP contribution is 2.50. The lowest BCUT2D eigenvalue weighted by molar-refractivity contribution is 0.187. The Labute approximate surface area is 191 Å². The van der Waals surface area contributed by atoms with Crippen LogP contribution in [-0.2, 0) is 12.8 Å².